The van der Waals surface area contributed by atoms with E-state index in [1.165, 1.54) is 10.3 Å². The summed E-state index contributed by atoms with van der Waals surface area (Å²) in [5.74, 6) is 2.27. The van der Waals surface area contributed by atoms with Crippen molar-refractivity contribution in [2.24, 2.45) is 0 Å². The van der Waals surface area contributed by atoms with Crippen LogP contribution < -0.4 is 9.30 Å². The number of para-hydroxylation sites is 1. The predicted octanol–water partition coefficient (Wildman–Crippen LogP) is 4.07. The first kappa shape index (κ1) is 16.1. The molecule has 0 aliphatic carbocycles. The molecule has 23 heavy (non-hydrogen) atoms. The zero-order valence-electron chi connectivity index (χ0n) is 13.1. The maximum Gasteiger partial charge on any atom is 0.441 e. The van der Waals surface area contributed by atoms with Crippen LogP contribution in [0.3, 0.4) is 0 Å². The molecule has 3 aromatic rings. The van der Waals surface area contributed by atoms with Gasteiger partial charge in [-0.3, -0.25) is 0 Å². The van der Waals surface area contributed by atoms with Crippen molar-refractivity contribution in [1.29, 1.82) is 0 Å². The molecule has 2 aromatic heterocycles. The third-order valence-electron chi connectivity index (χ3n) is 3.17. The molecule has 0 N–H and O–H groups in total. The van der Waals surface area contributed by atoms with Gasteiger partial charge < -0.3 is 4.74 Å². The van der Waals surface area contributed by atoms with E-state index in [4.69, 9.17) is 4.74 Å². The Labute approximate surface area is 143 Å². The summed E-state index contributed by atoms with van der Waals surface area (Å²) in [5, 5.41) is 1.17. The Morgan fingerprint density at radius 3 is 2.83 bits per heavy atom. The van der Waals surface area contributed by atoms with E-state index in [0.29, 0.717) is 18.4 Å². The lowest BCUT2D eigenvalue weighted by atomic mass is 10.2. The van der Waals surface area contributed by atoms with Crippen molar-refractivity contribution in [2.75, 3.05) is 12.4 Å². The average molecular weight is 344 g/mol. The van der Waals surface area contributed by atoms with Crippen LogP contribution in [0.5, 0.6) is 5.88 Å². The number of hydrogen-bond donors (Lipinski definition) is 0. The summed E-state index contributed by atoms with van der Waals surface area (Å²) in [5.41, 5.74) is 1.12. The zero-order valence-corrected chi connectivity index (χ0v) is 14.7. The van der Waals surface area contributed by atoms with Gasteiger partial charge in [0.05, 0.1) is 23.8 Å². The van der Waals surface area contributed by atoms with Crippen LogP contribution in [0.15, 0.2) is 53.7 Å². The Bertz CT molecular complexity index is 805. The van der Waals surface area contributed by atoms with Crippen LogP contribution in [0.2, 0.25) is 0 Å². The van der Waals surface area contributed by atoms with Gasteiger partial charge >= 0.3 is 5.95 Å². The molecule has 3 rings (SSSR count). The van der Waals surface area contributed by atoms with Crippen LogP contribution in [0.4, 0.5) is 0 Å². The van der Waals surface area contributed by atoms with Crippen LogP contribution in [0.25, 0.3) is 16.9 Å². The lowest BCUT2D eigenvalue weighted by Gasteiger charge is -2.07. The second-order valence-electron chi connectivity index (χ2n) is 4.69. The highest BCUT2D eigenvalue weighted by atomic mass is 33.1. The van der Waals surface area contributed by atoms with Gasteiger partial charge in [-0.2, -0.15) is 4.57 Å². The summed E-state index contributed by atoms with van der Waals surface area (Å²) in [7, 11) is 3.61. The van der Waals surface area contributed by atoms with Gasteiger partial charge in [0.25, 0.3) is 5.88 Å². The van der Waals surface area contributed by atoms with Gasteiger partial charge in [0.1, 0.15) is 11.7 Å². The SMILES string of the molecule is CCOc1ccnc(-[n+]2cccc3cccc(SSCC)c32)n1. The standard InChI is InChI=1S/C17H18N3OS2/c1-3-21-15-10-11-18-17(19-15)20-12-6-8-13-7-5-9-14(16(13)20)23-22-4-2/h5-12H,3-4H2,1-2H3/q+1. The molecule has 0 spiro atoms. The van der Waals surface area contributed by atoms with E-state index >= 15 is 0 Å². The predicted molar refractivity (Wildman–Crippen MR) is 96.2 cm³/mol. The van der Waals surface area contributed by atoms with E-state index in [1.807, 2.05) is 34.5 Å². The number of pyridine rings is 1. The normalized spacial score (nSPS) is 10.9. The van der Waals surface area contributed by atoms with Crippen molar-refractivity contribution in [1.82, 2.24) is 9.97 Å². The molecule has 0 radical (unpaired) electrons. The van der Waals surface area contributed by atoms with Gasteiger partial charge in [-0.15, -0.1) is 0 Å². The van der Waals surface area contributed by atoms with Crippen LogP contribution in [-0.4, -0.2) is 22.3 Å². The summed E-state index contributed by atoms with van der Waals surface area (Å²) in [6, 6.07) is 12.2. The lowest BCUT2D eigenvalue weighted by Crippen LogP contribution is -2.34. The molecule has 6 heteroatoms. The number of rotatable bonds is 6. The minimum Gasteiger partial charge on any atom is -0.466 e. The number of fused-ring (bicyclic) bond motifs is 1. The fraction of sp³-hybridized carbons (Fsp3) is 0.235. The third kappa shape index (κ3) is 3.59. The summed E-state index contributed by atoms with van der Waals surface area (Å²) in [6.45, 7) is 4.69. The molecule has 4 nitrogen and oxygen atoms in total. The highest BCUT2D eigenvalue weighted by Crippen LogP contribution is 2.34. The molecule has 0 amide bonds. The highest BCUT2D eigenvalue weighted by Gasteiger charge is 2.17. The Balaban J connectivity index is 2.15. The maximum atomic E-state index is 5.50. The topological polar surface area (TPSA) is 38.9 Å². The van der Waals surface area contributed by atoms with Crippen molar-refractivity contribution >= 4 is 32.5 Å². The van der Waals surface area contributed by atoms with E-state index in [9.17, 15) is 0 Å². The Kier molecular flexibility index (Phi) is 5.35. The maximum absolute atomic E-state index is 5.50. The van der Waals surface area contributed by atoms with Gasteiger partial charge in [0.15, 0.2) is 0 Å². The summed E-state index contributed by atoms with van der Waals surface area (Å²) in [6.07, 6.45) is 3.73. The molecule has 0 aliphatic heterocycles. The Hall–Kier alpha value is -1.79. The van der Waals surface area contributed by atoms with Crippen molar-refractivity contribution < 1.29 is 9.30 Å². The molecule has 0 aliphatic rings. The summed E-state index contributed by atoms with van der Waals surface area (Å²) >= 11 is 0. The minimum atomic E-state index is 0.588. The Morgan fingerprint density at radius 1 is 1.13 bits per heavy atom. The second-order valence-corrected chi connectivity index (χ2v) is 7.32. The molecule has 1 aromatic carbocycles. The first-order valence-corrected chi connectivity index (χ1v) is 9.84. The molecular formula is C17H18N3OS2+. The van der Waals surface area contributed by atoms with Crippen molar-refractivity contribution in [3.63, 3.8) is 0 Å². The minimum absolute atomic E-state index is 0.588. The number of nitrogens with zero attached hydrogens (tertiary/aromatic N) is 3. The molecule has 2 heterocycles. The second kappa shape index (κ2) is 7.66. The monoisotopic (exact) mass is 344 g/mol. The zero-order chi connectivity index (χ0) is 16.1. The molecule has 0 unspecified atom stereocenters. The summed E-state index contributed by atoms with van der Waals surface area (Å²) < 4.78 is 7.53. The third-order valence-corrected chi connectivity index (χ3v) is 5.64. The van der Waals surface area contributed by atoms with E-state index in [-0.39, 0.29) is 0 Å². The van der Waals surface area contributed by atoms with Crippen molar-refractivity contribution in [3.8, 4) is 11.8 Å². The molecule has 0 fully saturated rings. The van der Waals surface area contributed by atoms with Crippen molar-refractivity contribution in [3.05, 3.63) is 48.8 Å². The average Bonchev–Trinajstić information content (AvgIpc) is 2.60. The number of hydrogen-bond acceptors (Lipinski definition) is 5. The van der Waals surface area contributed by atoms with Gasteiger partial charge in [-0.05, 0) is 30.1 Å². The fourth-order valence-electron chi connectivity index (χ4n) is 2.27. The lowest BCUT2D eigenvalue weighted by molar-refractivity contribution is -0.576. The molecule has 0 saturated heterocycles. The molecule has 118 valence electrons. The van der Waals surface area contributed by atoms with Crippen molar-refractivity contribution in [2.45, 2.75) is 18.7 Å². The van der Waals surface area contributed by atoms with Crippen LogP contribution in [0, 0.1) is 0 Å². The van der Waals surface area contributed by atoms with E-state index in [0.717, 1.165) is 11.3 Å². The summed E-state index contributed by atoms with van der Waals surface area (Å²) in [4.78, 5) is 10.1. The van der Waals surface area contributed by atoms with E-state index in [2.05, 4.69) is 41.2 Å². The molecular weight excluding hydrogens is 326 g/mol. The van der Waals surface area contributed by atoms with Gasteiger partial charge in [-0.1, -0.05) is 45.6 Å². The van der Waals surface area contributed by atoms with Crippen LogP contribution in [0.1, 0.15) is 13.8 Å². The number of aromatic nitrogens is 3. The molecule has 0 bridgehead atoms. The molecule has 0 atom stereocenters. The number of benzene rings is 1. The first-order chi connectivity index (χ1) is 11.3. The molecule has 0 saturated carbocycles. The highest BCUT2D eigenvalue weighted by molar-refractivity contribution is 8.76. The fourth-order valence-corrected chi connectivity index (χ4v) is 4.08. The van der Waals surface area contributed by atoms with E-state index < -0.39 is 0 Å². The van der Waals surface area contributed by atoms with Gasteiger partial charge in [0.2, 0.25) is 0 Å². The first-order valence-electron chi connectivity index (χ1n) is 7.52. The largest absolute Gasteiger partial charge is 0.466 e. The Morgan fingerprint density at radius 2 is 2.00 bits per heavy atom. The van der Waals surface area contributed by atoms with Gasteiger partial charge in [0, 0.05) is 11.1 Å². The van der Waals surface area contributed by atoms with Crippen LogP contribution >= 0.6 is 21.6 Å². The van der Waals surface area contributed by atoms with E-state index in [1.54, 1.807) is 23.1 Å². The smallest absolute Gasteiger partial charge is 0.441 e. The van der Waals surface area contributed by atoms with Crippen LogP contribution in [-0.2, 0) is 0 Å². The quantitative estimate of drug-likeness (QED) is 0.498. The number of ether oxygens (including phenoxy) is 1. The van der Waals surface area contributed by atoms with Gasteiger partial charge in [-0.25, -0.2) is 0 Å².